The van der Waals surface area contributed by atoms with E-state index in [0.717, 1.165) is 39.1 Å². The molecule has 5 rings (SSSR count). The first-order chi connectivity index (χ1) is 19.0. The number of hydrogen-bond donors (Lipinski definition) is 1. The van der Waals surface area contributed by atoms with Crippen LogP contribution in [0.2, 0.25) is 0 Å². The van der Waals surface area contributed by atoms with Gasteiger partial charge in [0.05, 0.1) is 28.6 Å². The van der Waals surface area contributed by atoms with Crippen molar-refractivity contribution in [2.45, 2.75) is 50.5 Å². The van der Waals surface area contributed by atoms with Crippen LogP contribution in [-0.2, 0) is 14.3 Å². The summed E-state index contributed by atoms with van der Waals surface area (Å²) in [6.07, 6.45) is 2.49. The number of nitro benzene ring substituents is 1. The SMILES string of the molecule is C[C@@H](O)[C@H]1C(=O)N2C(C(=O)OC(=O)c3ccc([N+](=O)[O-])cc3)=C(S[C@@H]3CCN(CC4CCN(C)CC4)C3)[C@H](C)[C@H]12. The van der Waals surface area contributed by atoms with Gasteiger partial charge in [-0.15, -0.1) is 11.8 Å². The third kappa shape index (κ3) is 5.54. The Kier molecular flexibility index (Phi) is 8.32. The fourth-order valence-electron chi connectivity index (χ4n) is 6.43. The third-order valence-electron chi connectivity index (χ3n) is 8.68. The number of esters is 2. The van der Waals surface area contributed by atoms with Gasteiger partial charge in [0.15, 0.2) is 0 Å². The molecule has 4 heterocycles. The number of thioether (sulfide) groups is 1. The van der Waals surface area contributed by atoms with Crippen LogP contribution >= 0.6 is 11.8 Å². The molecule has 4 aliphatic rings. The Labute approximate surface area is 237 Å². The van der Waals surface area contributed by atoms with Crippen LogP contribution in [0.1, 0.15) is 43.5 Å². The number of hydrogen-bond acceptors (Lipinski definition) is 10. The molecule has 4 aliphatic heterocycles. The first-order valence-corrected chi connectivity index (χ1v) is 14.8. The van der Waals surface area contributed by atoms with E-state index >= 15 is 0 Å². The summed E-state index contributed by atoms with van der Waals surface area (Å²) in [5.74, 6) is -2.34. The van der Waals surface area contributed by atoms with E-state index in [-0.39, 0.29) is 40.1 Å². The van der Waals surface area contributed by atoms with Crippen molar-refractivity contribution in [1.82, 2.24) is 14.7 Å². The largest absolute Gasteiger partial charge is 0.393 e. The molecule has 3 fully saturated rings. The molecule has 216 valence electrons. The van der Waals surface area contributed by atoms with Gasteiger partial charge in [0.25, 0.3) is 5.69 Å². The van der Waals surface area contributed by atoms with Crippen molar-refractivity contribution >= 4 is 35.3 Å². The van der Waals surface area contributed by atoms with Crippen LogP contribution < -0.4 is 0 Å². The van der Waals surface area contributed by atoms with Crippen molar-refractivity contribution in [2.24, 2.45) is 17.8 Å². The van der Waals surface area contributed by atoms with Crippen molar-refractivity contribution in [2.75, 3.05) is 39.8 Å². The summed E-state index contributed by atoms with van der Waals surface area (Å²) in [4.78, 5) is 56.5. The number of non-ortho nitro benzene ring substituents is 1. The molecule has 5 atom stereocenters. The van der Waals surface area contributed by atoms with Gasteiger partial charge in [0, 0.05) is 41.3 Å². The predicted octanol–water partition coefficient (Wildman–Crippen LogP) is 2.50. The topological polar surface area (TPSA) is 134 Å². The van der Waals surface area contributed by atoms with Crippen LogP contribution in [0.15, 0.2) is 34.9 Å². The fraction of sp³-hybridized carbons (Fsp3) is 0.607. The molecular formula is C28H36N4O7S. The van der Waals surface area contributed by atoms with Crippen LogP contribution in [0.25, 0.3) is 0 Å². The summed E-state index contributed by atoms with van der Waals surface area (Å²) in [5, 5.41) is 21.4. The van der Waals surface area contributed by atoms with Crippen LogP contribution in [0, 0.1) is 27.9 Å². The number of β-lactam (4-membered cyclic amide) rings is 1. The summed E-state index contributed by atoms with van der Waals surface area (Å²) in [6.45, 7) is 8.70. The van der Waals surface area contributed by atoms with Crippen molar-refractivity contribution in [3.05, 3.63) is 50.5 Å². The molecule has 1 aromatic carbocycles. The summed E-state index contributed by atoms with van der Waals surface area (Å²) in [7, 11) is 2.16. The van der Waals surface area contributed by atoms with Gasteiger partial charge in [-0.2, -0.15) is 0 Å². The maximum atomic E-state index is 13.4. The lowest BCUT2D eigenvalue weighted by Gasteiger charge is -2.46. The lowest BCUT2D eigenvalue weighted by Crippen LogP contribution is -2.63. The Bertz CT molecular complexity index is 1210. The minimum Gasteiger partial charge on any atom is -0.393 e. The molecule has 0 aromatic heterocycles. The number of nitrogens with zero attached hydrogens (tertiary/aromatic N) is 4. The minimum atomic E-state index is -0.946. The van der Waals surface area contributed by atoms with Gasteiger partial charge >= 0.3 is 11.9 Å². The summed E-state index contributed by atoms with van der Waals surface area (Å²) in [5.41, 5.74) is -0.115. The number of aliphatic hydroxyl groups is 1. The Morgan fingerprint density at radius 3 is 2.45 bits per heavy atom. The molecule has 0 spiro atoms. The molecule has 40 heavy (non-hydrogen) atoms. The Hall–Kier alpha value is -2.80. The summed E-state index contributed by atoms with van der Waals surface area (Å²) < 4.78 is 5.20. The van der Waals surface area contributed by atoms with Gasteiger partial charge in [0.1, 0.15) is 5.70 Å². The maximum absolute atomic E-state index is 13.4. The van der Waals surface area contributed by atoms with E-state index in [9.17, 15) is 29.6 Å². The number of fused-ring (bicyclic) bond motifs is 1. The second kappa shape index (κ2) is 11.6. The molecule has 12 heteroatoms. The average Bonchev–Trinajstić information content (AvgIpc) is 3.45. The van der Waals surface area contributed by atoms with Crippen LogP contribution in [0.5, 0.6) is 0 Å². The van der Waals surface area contributed by atoms with Gasteiger partial charge in [-0.3, -0.25) is 14.9 Å². The van der Waals surface area contributed by atoms with Gasteiger partial charge in [-0.05, 0) is 70.9 Å². The van der Waals surface area contributed by atoms with Crippen LogP contribution in [0.4, 0.5) is 5.69 Å². The number of rotatable bonds is 8. The molecule has 0 aliphatic carbocycles. The number of carbonyl (C=O) groups excluding carboxylic acids is 3. The zero-order valence-electron chi connectivity index (χ0n) is 23.0. The van der Waals surface area contributed by atoms with Crippen molar-refractivity contribution in [3.8, 4) is 0 Å². The molecule has 3 saturated heterocycles. The Morgan fingerprint density at radius 1 is 1.15 bits per heavy atom. The molecule has 0 radical (unpaired) electrons. The first kappa shape index (κ1) is 28.7. The van der Waals surface area contributed by atoms with Crippen molar-refractivity contribution < 1.29 is 29.2 Å². The number of aliphatic hydroxyl groups excluding tert-OH is 1. The standard InChI is InChI=1S/C28H36N4O7S/c1-16-23-22(17(2)33)26(34)31(23)24(28(36)39-27(35)19-4-6-20(7-5-19)32(37)38)25(16)40-21-10-13-30(15-21)14-18-8-11-29(3)12-9-18/h4-7,16-18,21-23,33H,8-15H2,1-3H3/t16-,17-,21-,22-,23-/m1/s1. The molecule has 1 N–H and O–H groups in total. The Morgan fingerprint density at radius 2 is 1.82 bits per heavy atom. The highest BCUT2D eigenvalue weighted by Crippen LogP contribution is 2.52. The van der Waals surface area contributed by atoms with E-state index in [1.165, 1.54) is 42.0 Å². The smallest absolute Gasteiger partial charge is 0.363 e. The molecule has 11 nitrogen and oxygen atoms in total. The highest BCUT2D eigenvalue weighted by Gasteiger charge is 2.60. The normalized spacial score (nSPS) is 28.4. The van der Waals surface area contributed by atoms with E-state index in [2.05, 4.69) is 16.8 Å². The van der Waals surface area contributed by atoms with Gasteiger partial charge in [-0.1, -0.05) is 6.92 Å². The number of carbonyl (C=O) groups is 3. The van der Waals surface area contributed by atoms with E-state index in [4.69, 9.17) is 4.74 Å². The molecule has 0 unspecified atom stereocenters. The monoisotopic (exact) mass is 572 g/mol. The van der Waals surface area contributed by atoms with Gasteiger partial charge in [0.2, 0.25) is 5.91 Å². The quantitative estimate of drug-likeness (QED) is 0.163. The zero-order valence-corrected chi connectivity index (χ0v) is 23.8. The lowest BCUT2D eigenvalue weighted by atomic mass is 9.79. The van der Waals surface area contributed by atoms with E-state index in [0.29, 0.717) is 10.8 Å². The number of ether oxygens (including phenoxy) is 1. The van der Waals surface area contributed by atoms with E-state index in [1.54, 1.807) is 18.7 Å². The number of likely N-dealkylation sites (tertiary alicyclic amines) is 2. The third-order valence-corrected chi connectivity index (χ3v) is 10.2. The molecule has 1 amide bonds. The fourth-order valence-corrected chi connectivity index (χ4v) is 7.94. The number of nitro groups is 1. The zero-order chi connectivity index (χ0) is 28.7. The number of benzene rings is 1. The van der Waals surface area contributed by atoms with E-state index < -0.39 is 28.9 Å². The van der Waals surface area contributed by atoms with Gasteiger partial charge in [-0.25, -0.2) is 9.59 Å². The lowest BCUT2D eigenvalue weighted by molar-refractivity contribution is -0.384. The Balaban J connectivity index is 1.31. The van der Waals surface area contributed by atoms with E-state index in [1.807, 2.05) is 6.92 Å². The second-order valence-corrected chi connectivity index (χ2v) is 12.8. The summed E-state index contributed by atoms with van der Waals surface area (Å²) in [6, 6.07) is 4.42. The highest BCUT2D eigenvalue weighted by atomic mass is 32.2. The molecule has 0 bridgehead atoms. The first-order valence-electron chi connectivity index (χ1n) is 13.9. The molecule has 1 aromatic rings. The average molecular weight is 573 g/mol. The molecule has 0 saturated carbocycles. The number of amides is 1. The predicted molar refractivity (Wildman–Crippen MR) is 148 cm³/mol. The second-order valence-electron chi connectivity index (χ2n) is 11.5. The number of piperidine rings is 1. The van der Waals surface area contributed by atoms with Crippen LogP contribution in [0.3, 0.4) is 0 Å². The minimum absolute atomic E-state index is 0.00603. The van der Waals surface area contributed by atoms with Gasteiger partial charge < -0.3 is 24.5 Å². The molecular weight excluding hydrogens is 536 g/mol. The van der Waals surface area contributed by atoms with Crippen molar-refractivity contribution in [3.63, 3.8) is 0 Å². The van der Waals surface area contributed by atoms with Crippen LogP contribution in [-0.4, -0.2) is 99.7 Å². The summed E-state index contributed by atoms with van der Waals surface area (Å²) >= 11 is 1.58. The highest BCUT2D eigenvalue weighted by molar-refractivity contribution is 8.03. The van der Waals surface area contributed by atoms with Crippen molar-refractivity contribution in [1.29, 1.82) is 0 Å². The maximum Gasteiger partial charge on any atom is 0.363 e.